The van der Waals surface area contributed by atoms with Crippen molar-refractivity contribution < 1.29 is 24.2 Å². The summed E-state index contributed by atoms with van der Waals surface area (Å²) in [5.41, 5.74) is -1.86. The lowest BCUT2D eigenvalue weighted by molar-refractivity contribution is -0.153. The Morgan fingerprint density at radius 3 is 2.40 bits per heavy atom. The minimum atomic E-state index is -1.37. The number of halogens is 1. The van der Waals surface area contributed by atoms with E-state index in [0.29, 0.717) is 36.6 Å². The normalized spacial score (nSPS) is 33.0. The topological polar surface area (TPSA) is 90.4 Å². The number of carbonyl (C=O) groups excluding carboxylic acids is 3. The summed E-state index contributed by atoms with van der Waals surface area (Å²) in [6.07, 6.45) is 9.57. The SMILES string of the molecule is CCCN1CC=C[C@]2(CC)O[C@]34C=CCN(c5ccccc5Cl)C(=O)C3N([C@@H](CO)[C@@H](C)CC)C(=O)[C@@H]4[C@@H]2C1=O. The molecular weight excluding hydrogens is 530 g/mol. The third-order valence-electron chi connectivity index (χ3n) is 9.44. The van der Waals surface area contributed by atoms with Gasteiger partial charge in [-0.25, -0.2) is 0 Å². The molecule has 216 valence electrons. The average molecular weight is 570 g/mol. The van der Waals surface area contributed by atoms with Gasteiger partial charge in [0.25, 0.3) is 5.91 Å². The van der Waals surface area contributed by atoms with Crippen molar-refractivity contribution >= 4 is 35.0 Å². The molecule has 1 aromatic rings. The quantitative estimate of drug-likeness (QED) is 0.481. The maximum atomic E-state index is 14.7. The molecule has 1 spiro atoms. The first-order valence-corrected chi connectivity index (χ1v) is 14.9. The van der Waals surface area contributed by atoms with E-state index >= 15 is 0 Å². The van der Waals surface area contributed by atoms with Gasteiger partial charge in [-0.2, -0.15) is 0 Å². The lowest BCUT2D eigenvalue weighted by Crippen LogP contribution is -2.60. The number of benzene rings is 1. The molecule has 9 heteroatoms. The molecule has 4 heterocycles. The van der Waals surface area contributed by atoms with Crippen LogP contribution in [0.15, 0.2) is 48.6 Å². The van der Waals surface area contributed by atoms with Gasteiger partial charge in [0.2, 0.25) is 11.8 Å². The van der Waals surface area contributed by atoms with Gasteiger partial charge in [-0.15, -0.1) is 0 Å². The van der Waals surface area contributed by atoms with Crippen LogP contribution in [0.2, 0.25) is 5.02 Å². The van der Waals surface area contributed by atoms with Crippen molar-refractivity contribution in [1.29, 1.82) is 0 Å². The number of aliphatic hydroxyl groups is 1. The Balaban J connectivity index is 1.71. The second kappa shape index (κ2) is 11.0. The number of aliphatic hydroxyl groups excluding tert-OH is 1. The van der Waals surface area contributed by atoms with Crippen molar-refractivity contribution in [3.63, 3.8) is 0 Å². The molecule has 1 aromatic carbocycles. The smallest absolute Gasteiger partial charge is 0.253 e. The molecule has 40 heavy (non-hydrogen) atoms. The average Bonchev–Trinajstić information content (AvgIpc) is 3.24. The summed E-state index contributed by atoms with van der Waals surface area (Å²) >= 11 is 6.55. The van der Waals surface area contributed by atoms with E-state index < -0.39 is 35.1 Å². The number of amides is 3. The van der Waals surface area contributed by atoms with Crippen LogP contribution < -0.4 is 4.90 Å². The molecule has 1 N–H and O–H groups in total. The summed E-state index contributed by atoms with van der Waals surface area (Å²) in [6.45, 7) is 8.91. The minimum Gasteiger partial charge on any atom is -0.394 e. The van der Waals surface area contributed by atoms with E-state index in [4.69, 9.17) is 16.3 Å². The maximum Gasteiger partial charge on any atom is 0.253 e. The summed E-state index contributed by atoms with van der Waals surface area (Å²) in [5.74, 6) is -2.55. The Hall–Kier alpha value is -2.68. The Bertz CT molecular complexity index is 1240. The van der Waals surface area contributed by atoms with E-state index in [0.717, 1.165) is 6.42 Å². The molecule has 5 rings (SSSR count). The van der Waals surface area contributed by atoms with Crippen molar-refractivity contribution in [3.8, 4) is 0 Å². The highest BCUT2D eigenvalue weighted by Crippen LogP contribution is 2.59. The van der Waals surface area contributed by atoms with Crippen LogP contribution in [0.3, 0.4) is 0 Å². The Kier molecular flexibility index (Phi) is 7.89. The van der Waals surface area contributed by atoms with Crippen molar-refractivity contribution in [2.45, 2.75) is 70.2 Å². The largest absolute Gasteiger partial charge is 0.394 e. The van der Waals surface area contributed by atoms with Crippen LogP contribution >= 0.6 is 11.6 Å². The zero-order valence-electron chi connectivity index (χ0n) is 23.8. The zero-order valence-corrected chi connectivity index (χ0v) is 24.5. The van der Waals surface area contributed by atoms with E-state index in [2.05, 4.69) is 0 Å². The second-order valence-corrected chi connectivity index (χ2v) is 11.9. The molecule has 1 unspecified atom stereocenters. The molecule has 7 atom stereocenters. The Morgan fingerprint density at radius 1 is 1.02 bits per heavy atom. The summed E-state index contributed by atoms with van der Waals surface area (Å²) in [6, 6.07) is 5.45. The van der Waals surface area contributed by atoms with Gasteiger partial charge in [0, 0.05) is 19.6 Å². The summed E-state index contributed by atoms with van der Waals surface area (Å²) in [7, 11) is 0. The number of likely N-dealkylation sites (tertiary alicyclic amines) is 1. The van der Waals surface area contributed by atoms with Gasteiger partial charge < -0.3 is 24.5 Å². The van der Waals surface area contributed by atoms with Crippen LogP contribution in [0.25, 0.3) is 0 Å². The predicted octanol–water partition coefficient (Wildman–Crippen LogP) is 3.82. The number of nitrogens with zero attached hydrogens (tertiary/aromatic N) is 3. The highest BCUT2D eigenvalue weighted by atomic mass is 35.5. The Morgan fingerprint density at radius 2 is 1.75 bits per heavy atom. The predicted molar refractivity (Wildman–Crippen MR) is 154 cm³/mol. The molecule has 8 nitrogen and oxygen atoms in total. The monoisotopic (exact) mass is 569 g/mol. The van der Waals surface area contributed by atoms with E-state index in [1.807, 2.05) is 58.1 Å². The van der Waals surface area contributed by atoms with Crippen molar-refractivity contribution in [2.24, 2.45) is 17.8 Å². The molecule has 0 saturated carbocycles. The van der Waals surface area contributed by atoms with Gasteiger partial charge in [0.1, 0.15) is 11.6 Å². The fourth-order valence-electron chi connectivity index (χ4n) is 7.28. The molecule has 4 aliphatic heterocycles. The number of ether oxygens (including phenoxy) is 1. The highest BCUT2D eigenvalue weighted by Gasteiger charge is 2.76. The number of hydrogen-bond donors (Lipinski definition) is 1. The summed E-state index contributed by atoms with van der Waals surface area (Å²) in [4.78, 5) is 48.5. The summed E-state index contributed by atoms with van der Waals surface area (Å²) in [5, 5.41) is 11.0. The first-order valence-electron chi connectivity index (χ1n) is 14.5. The number of rotatable bonds is 8. The molecular formula is C31H40ClN3O5. The second-order valence-electron chi connectivity index (χ2n) is 11.5. The number of carbonyl (C=O) groups is 3. The third kappa shape index (κ3) is 4.13. The molecule has 0 bridgehead atoms. The standard InChI is InChI=1S/C31H40ClN3O5/c1-5-16-33-17-10-14-30(7-3)24(27(33)37)25-28(38)35(23(19-36)20(4)6-2)26-29(39)34(18-11-15-31(25,26)40-30)22-13-9-8-12-21(22)32/h8-15,20,23-26,36H,5-7,16-19H2,1-4H3/t20-,23-,24+,25-,26?,30-,31-/m0/s1. The lowest BCUT2D eigenvalue weighted by atomic mass is 9.73. The van der Waals surface area contributed by atoms with E-state index in [1.165, 1.54) is 0 Å². The van der Waals surface area contributed by atoms with Crippen molar-refractivity contribution in [2.75, 3.05) is 31.1 Å². The van der Waals surface area contributed by atoms with Gasteiger partial charge in [0.15, 0.2) is 0 Å². The highest BCUT2D eigenvalue weighted by molar-refractivity contribution is 6.34. The van der Waals surface area contributed by atoms with E-state index in [-0.39, 0.29) is 36.8 Å². The van der Waals surface area contributed by atoms with Gasteiger partial charge in [-0.05, 0) is 30.9 Å². The fourth-order valence-corrected chi connectivity index (χ4v) is 7.52. The molecule has 0 aromatic heterocycles. The van der Waals surface area contributed by atoms with Crippen LogP contribution in [-0.2, 0) is 19.1 Å². The summed E-state index contributed by atoms with van der Waals surface area (Å²) < 4.78 is 7.02. The zero-order chi connectivity index (χ0) is 28.8. The van der Waals surface area contributed by atoms with Gasteiger partial charge in [-0.3, -0.25) is 14.4 Å². The number of hydrogen-bond acceptors (Lipinski definition) is 5. The number of fused-ring (bicyclic) bond motifs is 2. The minimum absolute atomic E-state index is 0.0872. The first kappa shape index (κ1) is 28.8. The molecule has 2 fully saturated rings. The maximum absolute atomic E-state index is 14.7. The van der Waals surface area contributed by atoms with Gasteiger partial charge in [-0.1, -0.05) is 82.2 Å². The van der Waals surface area contributed by atoms with E-state index in [9.17, 15) is 19.5 Å². The molecule has 3 amide bonds. The fraction of sp³-hybridized carbons (Fsp3) is 0.581. The number of anilines is 1. The first-order chi connectivity index (χ1) is 19.2. The van der Waals surface area contributed by atoms with Crippen LogP contribution in [0.4, 0.5) is 5.69 Å². The Labute approximate surface area is 241 Å². The van der Waals surface area contributed by atoms with Crippen molar-refractivity contribution in [3.05, 3.63) is 53.6 Å². The third-order valence-corrected chi connectivity index (χ3v) is 9.76. The number of para-hydroxylation sites is 1. The molecule has 0 aliphatic carbocycles. The van der Waals surface area contributed by atoms with E-state index in [1.54, 1.807) is 32.9 Å². The lowest BCUT2D eigenvalue weighted by Gasteiger charge is -2.42. The molecule has 2 saturated heterocycles. The van der Waals surface area contributed by atoms with Gasteiger partial charge in [0.05, 0.1) is 40.8 Å². The van der Waals surface area contributed by atoms with Crippen LogP contribution in [0.1, 0.15) is 47.0 Å². The van der Waals surface area contributed by atoms with Crippen LogP contribution in [-0.4, -0.2) is 82.2 Å². The van der Waals surface area contributed by atoms with Gasteiger partial charge >= 0.3 is 0 Å². The molecule has 4 aliphatic rings. The van der Waals surface area contributed by atoms with Crippen LogP contribution in [0.5, 0.6) is 0 Å². The van der Waals surface area contributed by atoms with Crippen LogP contribution in [0, 0.1) is 17.8 Å². The van der Waals surface area contributed by atoms with Crippen molar-refractivity contribution in [1.82, 2.24) is 9.80 Å². The molecule has 0 radical (unpaired) electrons.